The molecule has 172 valence electrons. The number of carboxylic acids is 1. The molecule has 1 saturated carbocycles. The molecular weight excluding hydrogens is 419 g/mol. The average molecular weight is 449 g/mol. The summed E-state index contributed by atoms with van der Waals surface area (Å²) in [6.07, 6.45) is 4.81. The highest BCUT2D eigenvalue weighted by molar-refractivity contribution is 5.98. The third-order valence-electron chi connectivity index (χ3n) is 7.78. The Labute approximate surface area is 192 Å². The van der Waals surface area contributed by atoms with Crippen LogP contribution in [-0.4, -0.2) is 39.0 Å². The molecule has 3 heterocycles. The highest BCUT2D eigenvalue weighted by Crippen LogP contribution is 2.54. The largest absolute Gasteiger partial charge is 0.481 e. The number of rotatable bonds is 6. The number of hydrogen-bond acceptors (Lipinski definition) is 2. The van der Waals surface area contributed by atoms with Crippen molar-refractivity contribution in [1.82, 2.24) is 9.88 Å². The van der Waals surface area contributed by atoms with Gasteiger partial charge in [-0.1, -0.05) is 38.1 Å². The number of amides is 1. The molecule has 3 aromatic rings. The van der Waals surface area contributed by atoms with Crippen molar-refractivity contribution in [1.29, 1.82) is 0 Å². The van der Waals surface area contributed by atoms with Gasteiger partial charge in [0.15, 0.2) is 0 Å². The molecule has 3 fully saturated rings. The Morgan fingerprint density at radius 2 is 1.91 bits per heavy atom. The topological polar surface area (TPSA) is 73.4 Å². The van der Waals surface area contributed by atoms with Gasteiger partial charge in [0, 0.05) is 35.6 Å². The van der Waals surface area contributed by atoms with Gasteiger partial charge in [-0.05, 0) is 66.5 Å². The second-order valence-electron chi connectivity index (χ2n) is 9.80. The van der Waals surface area contributed by atoms with Crippen LogP contribution < -0.4 is 0 Å². The molecule has 1 amide bonds. The Kier molecular flexibility index (Phi) is 5.26. The lowest BCUT2D eigenvalue weighted by atomic mass is 9.57. The molecule has 2 unspecified atom stereocenters. The summed E-state index contributed by atoms with van der Waals surface area (Å²) in [5, 5.41) is 10.7. The van der Waals surface area contributed by atoms with E-state index in [1.165, 1.54) is 12.1 Å². The van der Waals surface area contributed by atoms with Crippen LogP contribution in [0.5, 0.6) is 0 Å². The van der Waals surface area contributed by atoms with Crippen molar-refractivity contribution in [2.24, 2.45) is 5.41 Å². The number of piperidine rings is 2. The number of halogens is 1. The molecule has 0 spiro atoms. The van der Waals surface area contributed by atoms with Gasteiger partial charge in [0.05, 0.1) is 5.41 Å². The second kappa shape index (κ2) is 8.01. The van der Waals surface area contributed by atoms with E-state index in [2.05, 4.69) is 11.9 Å². The standard InChI is InChI=1S/C27H29FN2O3/c1-3-19-12-27(26(32)33)13-20(14-27)30(19)24(31)11-16(2)22-15-29-23-6-4-5-21(25(22)23)17-7-9-18(28)10-8-17/h4-10,15-16,19-20,29H,3,11-14H2,1-2H3,(H,32,33). The first-order valence-corrected chi connectivity index (χ1v) is 11.7. The Bertz CT molecular complexity index is 1210. The van der Waals surface area contributed by atoms with Gasteiger partial charge in [-0.3, -0.25) is 9.59 Å². The van der Waals surface area contributed by atoms with Crippen molar-refractivity contribution in [2.75, 3.05) is 0 Å². The van der Waals surface area contributed by atoms with E-state index >= 15 is 0 Å². The van der Waals surface area contributed by atoms with Crippen LogP contribution >= 0.6 is 0 Å². The van der Waals surface area contributed by atoms with Crippen LogP contribution in [0, 0.1) is 11.2 Å². The molecule has 6 rings (SSSR count). The molecule has 2 atom stereocenters. The van der Waals surface area contributed by atoms with Gasteiger partial charge >= 0.3 is 5.97 Å². The fourth-order valence-electron chi connectivity index (χ4n) is 6.01. The van der Waals surface area contributed by atoms with E-state index in [9.17, 15) is 19.1 Å². The minimum Gasteiger partial charge on any atom is -0.481 e. The summed E-state index contributed by atoms with van der Waals surface area (Å²) < 4.78 is 13.5. The maximum atomic E-state index is 13.5. The van der Waals surface area contributed by atoms with E-state index in [0.29, 0.717) is 25.7 Å². The third-order valence-corrected chi connectivity index (χ3v) is 7.78. The zero-order valence-corrected chi connectivity index (χ0v) is 19.0. The molecule has 1 aliphatic carbocycles. The number of carbonyl (C=O) groups is 2. The van der Waals surface area contributed by atoms with Crippen molar-refractivity contribution >= 4 is 22.8 Å². The van der Waals surface area contributed by atoms with Gasteiger partial charge < -0.3 is 15.0 Å². The van der Waals surface area contributed by atoms with Crippen molar-refractivity contribution < 1.29 is 19.1 Å². The summed E-state index contributed by atoms with van der Waals surface area (Å²) in [6, 6.07) is 12.5. The summed E-state index contributed by atoms with van der Waals surface area (Å²) in [7, 11) is 0. The monoisotopic (exact) mass is 448 g/mol. The highest BCUT2D eigenvalue weighted by Gasteiger charge is 2.59. The Hall–Kier alpha value is -3.15. The number of aromatic nitrogens is 1. The number of aromatic amines is 1. The van der Waals surface area contributed by atoms with Gasteiger partial charge in [0.25, 0.3) is 0 Å². The molecule has 2 saturated heterocycles. The summed E-state index contributed by atoms with van der Waals surface area (Å²) in [5.41, 5.74) is 3.37. The zero-order valence-electron chi connectivity index (χ0n) is 19.0. The van der Waals surface area contributed by atoms with Gasteiger partial charge in [0.1, 0.15) is 5.82 Å². The molecule has 33 heavy (non-hydrogen) atoms. The fourth-order valence-corrected chi connectivity index (χ4v) is 6.01. The molecule has 6 heteroatoms. The molecule has 2 N–H and O–H groups in total. The van der Waals surface area contributed by atoms with E-state index in [1.807, 2.05) is 36.2 Å². The van der Waals surface area contributed by atoms with E-state index < -0.39 is 11.4 Å². The molecular formula is C27H29FN2O3. The van der Waals surface area contributed by atoms with Crippen molar-refractivity contribution in [3.63, 3.8) is 0 Å². The van der Waals surface area contributed by atoms with Crippen LogP contribution in [0.2, 0.25) is 0 Å². The number of nitrogens with one attached hydrogen (secondary N) is 1. The van der Waals surface area contributed by atoms with Gasteiger partial charge in [-0.15, -0.1) is 0 Å². The first kappa shape index (κ1) is 21.7. The SMILES string of the molecule is CCC1CC2(C(=O)O)CC(C2)N1C(=O)CC(C)c1c[nH]c2cccc(-c3ccc(F)cc3)c12. The van der Waals surface area contributed by atoms with E-state index in [-0.39, 0.29) is 29.7 Å². The highest BCUT2D eigenvalue weighted by atomic mass is 19.1. The van der Waals surface area contributed by atoms with Gasteiger partial charge in [0.2, 0.25) is 5.91 Å². The number of nitrogens with zero attached hydrogens (tertiary/aromatic N) is 1. The van der Waals surface area contributed by atoms with Crippen LogP contribution in [-0.2, 0) is 9.59 Å². The van der Waals surface area contributed by atoms with E-state index in [4.69, 9.17) is 0 Å². The molecule has 2 bridgehead atoms. The van der Waals surface area contributed by atoms with Gasteiger partial charge in [-0.2, -0.15) is 0 Å². The van der Waals surface area contributed by atoms with Crippen molar-refractivity contribution in [3.8, 4) is 11.1 Å². The number of hydrogen-bond donors (Lipinski definition) is 2. The maximum absolute atomic E-state index is 13.5. The molecule has 1 aromatic heterocycles. The number of benzene rings is 2. The molecule has 2 aliphatic heterocycles. The molecule has 2 aromatic carbocycles. The zero-order chi connectivity index (χ0) is 23.3. The quantitative estimate of drug-likeness (QED) is 0.507. The minimum atomic E-state index is -0.718. The predicted octanol–water partition coefficient (Wildman–Crippen LogP) is 5.71. The Morgan fingerprint density at radius 1 is 1.18 bits per heavy atom. The first-order chi connectivity index (χ1) is 15.8. The number of carbonyl (C=O) groups excluding carboxylic acids is 1. The smallest absolute Gasteiger partial charge is 0.309 e. The second-order valence-corrected chi connectivity index (χ2v) is 9.80. The number of fused-ring (bicyclic) bond motifs is 3. The fraction of sp³-hybridized carbons (Fsp3) is 0.407. The van der Waals surface area contributed by atoms with Crippen LogP contribution in [0.3, 0.4) is 0 Å². The lowest BCUT2D eigenvalue weighted by Gasteiger charge is -2.58. The van der Waals surface area contributed by atoms with Crippen LogP contribution in [0.25, 0.3) is 22.0 Å². The van der Waals surface area contributed by atoms with Crippen molar-refractivity contribution in [2.45, 2.75) is 64.0 Å². The average Bonchev–Trinajstić information content (AvgIpc) is 3.22. The summed E-state index contributed by atoms with van der Waals surface area (Å²) >= 11 is 0. The Morgan fingerprint density at radius 3 is 2.58 bits per heavy atom. The van der Waals surface area contributed by atoms with Crippen LogP contribution in [0.1, 0.15) is 57.4 Å². The summed E-state index contributed by atoms with van der Waals surface area (Å²) in [6.45, 7) is 4.10. The van der Waals surface area contributed by atoms with Crippen molar-refractivity contribution in [3.05, 3.63) is 60.0 Å². The van der Waals surface area contributed by atoms with Crippen LogP contribution in [0.15, 0.2) is 48.7 Å². The third kappa shape index (κ3) is 3.52. The molecule has 0 radical (unpaired) electrons. The predicted molar refractivity (Wildman–Crippen MR) is 125 cm³/mol. The number of H-pyrrole nitrogens is 1. The number of carboxylic acid groups (broad SMARTS) is 1. The molecule has 5 nitrogen and oxygen atoms in total. The van der Waals surface area contributed by atoms with E-state index in [0.717, 1.165) is 34.0 Å². The lowest BCUT2D eigenvalue weighted by Crippen LogP contribution is -2.66. The normalized spacial score (nSPS) is 25.0. The molecule has 3 aliphatic rings. The lowest BCUT2D eigenvalue weighted by molar-refractivity contribution is -0.181. The Balaban J connectivity index is 1.41. The van der Waals surface area contributed by atoms with E-state index in [1.54, 1.807) is 12.1 Å². The van der Waals surface area contributed by atoms with Crippen LogP contribution in [0.4, 0.5) is 4.39 Å². The minimum absolute atomic E-state index is 0.00829. The summed E-state index contributed by atoms with van der Waals surface area (Å²) in [4.78, 5) is 30.5. The first-order valence-electron chi connectivity index (χ1n) is 11.7. The van der Waals surface area contributed by atoms with Gasteiger partial charge in [-0.25, -0.2) is 4.39 Å². The maximum Gasteiger partial charge on any atom is 0.309 e. The summed E-state index contributed by atoms with van der Waals surface area (Å²) in [5.74, 6) is -0.901. The number of aliphatic carboxylic acids is 1.